The zero-order valence-electron chi connectivity index (χ0n) is 10.5. The van der Waals surface area contributed by atoms with Crippen LogP contribution in [0.25, 0.3) is 0 Å². The second-order valence-corrected chi connectivity index (χ2v) is 5.02. The number of aromatic nitrogens is 1. The molecule has 0 bridgehead atoms. The molecule has 0 aliphatic carbocycles. The molecule has 100 valence electrons. The van der Waals surface area contributed by atoms with Gasteiger partial charge in [-0.25, -0.2) is 4.98 Å². The van der Waals surface area contributed by atoms with Crippen LogP contribution in [0.3, 0.4) is 0 Å². The molecule has 1 unspecified atom stereocenters. The summed E-state index contributed by atoms with van der Waals surface area (Å²) in [4.78, 5) is 27.1. The van der Waals surface area contributed by atoms with E-state index < -0.39 is 12.1 Å². The van der Waals surface area contributed by atoms with Crippen LogP contribution in [0.4, 0.5) is 0 Å². The second-order valence-electron chi connectivity index (χ2n) is 3.81. The normalized spacial score (nSPS) is 12.2. The molecule has 1 heterocycles. The van der Waals surface area contributed by atoms with Gasteiger partial charge in [0.05, 0.1) is 23.2 Å². The maximum absolute atomic E-state index is 11.8. The van der Waals surface area contributed by atoms with Gasteiger partial charge >= 0.3 is 5.97 Å². The largest absolute Gasteiger partial charge is 0.481 e. The van der Waals surface area contributed by atoms with Crippen LogP contribution in [0.15, 0.2) is 0 Å². The van der Waals surface area contributed by atoms with E-state index in [1.54, 1.807) is 6.92 Å². The first-order valence-electron chi connectivity index (χ1n) is 5.40. The number of hydrogen-bond donors (Lipinski definition) is 2. The van der Waals surface area contributed by atoms with Crippen molar-refractivity contribution >= 4 is 23.2 Å². The highest BCUT2D eigenvalue weighted by molar-refractivity contribution is 7.13. The Morgan fingerprint density at radius 1 is 1.50 bits per heavy atom. The first kappa shape index (κ1) is 14.6. The van der Waals surface area contributed by atoms with E-state index in [0.29, 0.717) is 10.6 Å². The third-order valence-electron chi connectivity index (χ3n) is 2.34. The van der Waals surface area contributed by atoms with E-state index in [9.17, 15) is 9.59 Å². The topological polar surface area (TPSA) is 88.5 Å². The molecule has 0 saturated carbocycles. The Morgan fingerprint density at radius 2 is 2.17 bits per heavy atom. The van der Waals surface area contributed by atoms with Gasteiger partial charge in [0.1, 0.15) is 4.88 Å². The molecule has 1 aromatic rings. The number of carboxylic acid groups (broad SMARTS) is 1. The highest BCUT2D eigenvalue weighted by Gasteiger charge is 2.17. The molecule has 1 atom stereocenters. The van der Waals surface area contributed by atoms with E-state index in [1.165, 1.54) is 18.4 Å². The van der Waals surface area contributed by atoms with Crippen LogP contribution >= 0.6 is 11.3 Å². The van der Waals surface area contributed by atoms with Crippen LogP contribution in [0, 0.1) is 13.8 Å². The van der Waals surface area contributed by atoms with Gasteiger partial charge in [0.15, 0.2) is 0 Å². The number of carbonyl (C=O) groups excluding carboxylic acids is 1. The van der Waals surface area contributed by atoms with Crippen LogP contribution in [0.2, 0.25) is 0 Å². The molecule has 0 aliphatic rings. The summed E-state index contributed by atoms with van der Waals surface area (Å²) in [5, 5.41) is 12.1. The zero-order valence-corrected chi connectivity index (χ0v) is 11.3. The molecule has 2 N–H and O–H groups in total. The van der Waals surface area contributed by atoms with Gasteiger partial charge in [0.25, 0.3) is 5.91 Å². The fraction of sp³-hybridized carbons (Fsp3) is 0.545. The summed E-state index contributed by atoms with van der Waals surface area (Å²) in [6, 6.07) is 0. The number of nitrogens with one attached hydrogen (secondary N) is 1. The van der Waals surface area contributed by atoms with Crippen LogP contribution < -0.4 is 5.32 Å². The molecule has 7 heteroatoms. The number of nitrogens with zero attached hydrogens (tertiary/aromatic N) is 1. The maximum Gasteiger partial charge on any atom is 0.306 e. The Balaban J connectivity index is 2.55. The number of amides is 1. The van der Waals surface area contributed by atoms with Crippen molar-refractivity contribution in [1.82, 2.24) is 10.3 Å². The van der Waals surface area contributed by atoms with Crippen molar-refractivity contribution in [2.75, 3.05) is 13.7 Å². The molecule has 18 heavy (non-hydrogen) atoms. The molecule has 0 saturated heterocycles. The van der Waals surface area contributed by atoms with Crippen molar-refractivity contribution in [2.45, 2.75) is 26.4 Å². The van der Waals surface area contributed by atoms with Crippen molar-refractivity contribution in [3.8, 4) is 0 Å². The minimum atomic E-state index is -0.957. The van der Waals surface area contributed by atoms with Crippen molar-refractivity contribution < 1.29 is 19.4 Å². The number of methoxy groups -OCH3 is 1. The third-order valence-corrected chi connectivity index (χ3v) is 3.41. The molecule has 0 aromatic carbocycles. The lowest BCUT2D eigenvalue weighted by Crippen LogP contribution is -2.34. The van der Waals surface area contributed by atoms with Crippen LogP contribution in [-0.4, -0.2) is 41.7 Å². The smallest absolute Gasteiger partial charge is 0.306 e. The van der Waals surface area contributed by atoms with Crippen LogP contribution in [0.5, 0.6) is 0 Å². The Morgan fingerprint density at radius 3 is 2.61 bits per heavy atom. The Labute approximate surface area is 109 Å². The van der Waals surface area contributed by atoms with Crippen molar-refractivity contribution in [2.24, 2.45) is 0 Å². The molecular formula is C11H16N2O4S. The molecule has 0 fully saturated rings. The standard InChI is InChI=1S/C11H16N2O4S/c1-6-10(18-7(2)13-6)11(16)12-5-8(17-3)4-9(14)15/h8H,4-5H2,1-3H3,(H,12,16)(H,14,15). The van der Waals surface area contributed by atoms with E-state index in [2.05, 4.69) is 10.3 Å². The van der Waals surface area contributed by atoms with Gasteiger partial charge in [-0.05, 0) is 13.8 Å². The van der Waals surface area contributed by atoms with Gasteiger partial charge in [-0.1, -0.05) is 0 Å². The number of rotatable bonds is 6. The molecule has 0 spiro atoms. The van der Waals surface area contributed by atoms with Crippen molar-refractivity contribution in [3.05, 3.63) is 15.6 Å². The van der Waals surface area contributed by atoms with E-state index in [1.807, 2.05) is 6.92 Å². The van der Waals surface area contributed by atoms with Gasteiger partial charge in [0, 0.05) is 13.7 Å². The molecular weight excluding hydrogens is 256 g/mol. The Hall–Kier alpha value is -1.47. The molecule has 0 radical (unpaired) electrons. The number of thiazole rings is 1. The van der Waals surface area contributed by atoms with Gasteiger partial charge in [-0.3, -0.25) is 9.59 Å². The predicted molar refractivity (Wildman–Crippen MR) is 67.0 cm³/mol. The fourth-order valence-corrected chi connectivity index (χ4v) is 2.30. The predicted octanol–water partition coefficient (Wildman–Crippen LogP) is 0.979. The molecule has 1 amide bonds. The highest BCUT2D eigenvalue weighted by Crippen LogP contribution is 2.16. The van der Waals surface area contributed by atoms with Gasteiger partial charge in [-0.15, -0.1) is 11.3 Å². The van der Waals surface area contributed by atoms with E-state index in [4.69, 9.17) is 9.84 Å². The third kappa shape index (κ3) is 4.08. The summed E-state index contributed by atoms with van der Waals surface area (Å²) >= 11 is 1.32. The number of aliphatic carboxylic acids is 1. The number of aryl methyl sites for hydroxylation is 2. The number of ether oxygens (including phenoxy) is 1. The SMILES string of the molecule is COC(CNC(=O)c1sc(C)nc1C)CC(=O)O. The summed E-state index contributed by atoms with van der Waals surface area (Å²) in [6.45, 7) is 3.76. The van der Waals surface area contributed by atoms with E-state index in [-0.39, 0.29) is 18.9 Å². The Kier molecular flexibility index (Phi) is 5.24. The number of hydrogen-bond acceptors (Lipinski definition) is 5. The number of carbonyl (C=O) groups is 2. The summed E-state index contributed by atoms with van der Waals surface area (Å²) in [5.74, 6) is -1.20. The van der Waals surface area contributed by atoms with Crippen LogP contribution in [-0.2, 0) is 9.53 Å². The Bertz CT molecular complexity index is 444. The lowest BCUT2D eigenvalue weighted by molar-refractivity contribution is -0.139. The molecule has 1 aromatic heterocycles. The fourth-order valence-electron chi connectivity index (χ4n) is 1.46. The van der Waals surface area contributed by atoms with Gasteiger partial charge < -0.3 is 15.2 Å². The minimum Gasteiger partial charge on any atom is -0.481 e. The summed E-state index contributed by atoms with van der Waals surface area (Å²) < 4.78 is 4.98. The first-order valence-corrected chi connectivity index (χ1v) is 6.22. The monoisotopic (exact) mass is 272 g/mol. The summed E-state index contributed by atoms with van der Waals surface area (Å²) in [5.41, 5.74) is 0.683. The van der Waals surface area contributed by atoms with E-state index >= 15 is 0 Å². The highest BCUT2D eigenvalue weighted by atomic mass is 32.1. The molecule has 6 nitrogen and oxygen atoms in total. The summed E-state index contributed by atoms with van der Waals surface area (Å²) in [7, 11) is 1.42. The van der Waals surface area contributed by atoms with Crippen molar-refractivity contribution in [1.29, 1.82) is 0 Å². The summed E-state index contributed by atoms with van der Waals surface area (Å²) in [6.07, 6.45) is -0.668. The molecule has 0 aliphatic heterocycles. The van der Waals surface area contributed by atoms with Gasteiger partial charge in [0.2, 0.25) is 0 Å². The average molecular weight is 272 g/mol. The second kappa shape index (κ2) is 6.46. The van der Waals surface area contributed by atoms with E-state index in [0.717, 1.165) is 5.01 Å². The first-order chi connectivity index (χ1) is 8.43. The zero-order chi connectivity index (χ0) is 13.7. The quantitative estimate of drug-likeness (QED) is 0.806. The minimum absolute atomic E-state index is 0.141. The van der Waals surface area contributed by atoms with Crippen LogP contribution in [0.1, 0.15) is 26.8 Å². The average Bonchev–Trinajstić information content (AvgIpc) is 2.62. The molecule has 1 rings (SSSR count). The van der Waals surface area contributed by atoms with Gasteiger partial charge in [-0.2, -0.15) is 0 Å². The lowest BCUT2D eigenvalue weighted by atomic mass is 10.2. The van der Waals surface area contributed by atoms with Crippen molar-refractivity contribution in [3.63, 3.8) is 0 Å². The lowest BCUT2D eigenvalue weighted by Gasteiger charge is -2.13. The number of carboxylic acids is 1. The maximum atomic E-state index is 11.8.